The first-order chi connectivity index (χ1) is 8.70. The van der Waals surface area contributed by atoms with Gasteiger partial charge in [-0.15, -0.1) is 0 Å². The van der Waals surface area contributed by atoms with Crippen molar-refractivity contribution in [3.63, 3.8) is 0 Å². The molecule has 0 aliphatic carbocycles. The maximum atomic E-state index is 11.5. The van der Waals surface area contributed by atoms with Gasteiger partial charge in [-0.3, -0.25) is 4.79 Å². The lowest BCUT2D eigenvalue weighted by atomic mass is 10.2. The van der Waals surface area contributed by atoms with Gasteiger partial charge < -0.3 is 25.3 Å². The molecule has 2 rings (SSSR count). The summed E-state index contributed by atoms with van der Waals surface area (Å²) in [6, 6.07) is 3.21. The van der Waals surface area contributed by atoms with Crippen LogP contribution in [0.4, 0.5) is 5.69 Å². The number of benzene rings is 1. The summed E-state index contributed by atoms with van der Waals surface area (Å²) in [5, 5.41) is 3.01. The third-order valence-corrected chi connectivity index (χ3v) is 2.54. The fourth-order valence-electron chi connectivity index (χ4n) is 1.45. The van der Waals surface area contributed by atoms with Crippen molar-refractivity contribution in [1.82, 2.24) is 0 Å². The van der Waals surface area contributed by atoms with Crippen LogP contribution in [-0.2, 0) is 9.53 Å². The molecule has 0 fully saturated rings. The van der Waals surface area contributed by atoms with Crippen LogP contribution in [0.1, 0.15) is 0 Å². The summed E-state index contributed by atoms with van der Waals surface area (Å²) in [5.74, 6) is 0.819. The average molecular weight is 273 g/mol. The van der Waals surface area contributed by atoms with Gasteiger partial charge in [0, 0.05) is 18.7 Å². The highest BCUT2D eigenvalue weighted by Gasteiger charge is 2.17. The summed E-state index contributed by atoms with van der Waals surface area (Å²) >= 11 is 6.00. The Balaban J connectivity index is 1.99. The first kappa shape index (κ1) is 12.9. The molecule has 0 saturated carbocycles. The third-order valence-electron chi connectivity index (χ3n) is 2.23. The number of fused-ring (bicyclic) bond motifs is 1. The lowest BCUT2D eigenvalue weighted by Gasteiger charge is -2.08. The van der Waals surface area contributed by atoms with Gasteiger partial charge >= 0.3 is 0 Å². The quantitative estimate of drug-likeness (QED) is 0.781. The van der Waals surface area contributed by atoms with Gasteiger partial charge in [0.2, 0.25) is 12.7 Å². The van der Waals surface area contributed by atoms with Crippen LogP contribution >= 0.6 is 11.6 Å². The number of halogens is 1. The van der Waals surface area contributed by atoms with E-state index in [1.54, 1.807) is 12.1 Å². The molecule has 1 aromatic rings. The molecule has 0 spiro atoms. The molecule has 3 N–H and O–H groups in total. The van der Waals surface area contributed by atoms with Crippen molar-refractivity contribution in [2.75, 3.05) is 31.9 Å². The number of rotatable bonds is 5. The molecular weight excluding hydrogens is 260 g/mol. The van der Waals surface area contributed by atoms with E-state index in [1.807, 2.05) is 0 Å². The Morgan fingerprint density at radius 3 is 2.89 bits per heavy atom. The Hall–Kier alpha value is -1.50. The van der Waals surface area contributed by atoms with E-state index >= 15 is 0 Å². The highest BCUT2D eigenvalue weighted by molar-refractivity contribution is 6.34. The number of anilines is 1. The number of hydrogen-bond donors (Lipinski definition) is 2. The van der Waals surface area contributed by atoms with Crippen molar-refractivity contribution in [2.24, 2.45) is 5.73 Å². The zero-order valence-corrected chi connectivity index (χ0v) is 10.3. The summed E-state index contributed by atoms with van der Waals surface area (Å²) < 4.78 is 15.4. The van der Waals surface area contributed by atoms with E-state index in [0.717, 1.165) is 0 Å². The predicted octanol–water partition coefficient (Wildman–Crippen LogP) is 0.982. The molecule has 18 heavy (non-hydrogen) atoms. The molecule has 98 valence electrons. The first-order valence-corrected chi connectivity index (χ1v) is 5.75. The summed E-state index contributed by atoms with van der Waals surface area (Å²) in [6.45, 7) is 0.797. The van der Waals surface area contributed by atoms with Crippen molar-refractivity contribution in [3.05, 3.63) is 17.2 Å². The summed E-state index contributed by atoms with van der Waals surface area (Å²) in [5.41, 5.74) is 5.71. The fraction of sp³-hybridized carbons (Fsp3) is 0.364. The number of carbonyl (C=O) groups excluding carboxylic acids is 1. The normalized spacial score (nSPS) is 12.6. The maximum absolute atomic E-state index is 11.5. The second-order valence-electron chi connectivity index (χ2n) is 3.57. The van der Waals surface area contributed by atoms with E-state index in [1.165, 1.54) is 0 Å². The fourth-order valence-corrected chi connectivity index (χ4v) is 1.65. The van der Waals surface area contributed by atoms with Crippen molar-refractivity contribution < 1.29 is 19.0 Å². The molecule has 1 aromatic carbocycles. The highest BCUT2D eigenvalue weighted by Crippen LogP contribution is 2.39. The molecule has 1 amide bonds. The monoisotopic (exact) mass is 272 g/mol. The smallest absolute Gasteiger partial charge is 0.250 e. The van der Waals surface area contributed by atoms with Gasteiger partial charge in [0.15, 0.2) is 11.5 Å². The average Bonchev–Trinajstić information content (AvgIpc) is 2.77. The molecule has 0 saturated heterocycles. The molecule has 0 bridgehead atoms. The Morgan fingerprint density at radius 1 is 1.44 bits per heavy atom. The van der Waals surface area contributed by atoms with E-state index in [-0.39, 0.29) is 19.3 Å². The lowest BCUT2D eigenvalue weighted by molar-refractivity contribution is -0.120. The molecular formula is C11H13ClN2O4. The molecule has 0 unspecified atom stereocenters. The van der Waals surface area contributed by atoms with Gasteiger partial charge in [-0.2, -0.15) is 0 Å². The SMILES string of the molecule is NCCOCC(=O)Nc1cc2c(cc1Cl)OCO2. The second-order valence-corrected chi connectivity index (χ2v) is 3.98. The summed E-state index contributed by atoms with van der Waals surface area (Å²) in [7, 11) is 0. The van der Waals surface area contributed by atoms with E-state index in [2.05, 4.69) is 5.32 Å². The minimum Gasteiger partial charge on any atom is -0.454 e. The van der Waals surface area contributed by atoms with Crippen LogP contribution in [0.25, 0.3) is 0 Å². The van der Waals surface area contributed by atoms with Crippen LogP contribution in [-0.4, -0.2) is 32.5 Å². The second kappa shape index (κ2) is 5.90. The van der Waals surface area contributed by atoms with Crippen LogP contribution in [0.2, 0.25) is 5.02 Å². The number of nitrogens with two attached hydrogens (primary N) is 1. The van der Waals surface area contributed by atoms with E-state index in [9.17, 15) is 4.79 Å². The third kappa shape index (κ3) is 3.04. The van der Waals surface area contributed by atoms with Crippen molar-refractivity contribution >= 4 is 23.2 Å². The van der Waals surface area contributed by atoms with Crippen LogP contribution in [0.5, 0.6) is 11.5 Å². The molecule has 0 atom stereocenters. The Labute approximate surface area is 109 Å². The van der Waals surface area contributed by atoms with E-state index < -0.39 is 0 Å². The standard InChI is InChI=1S/C11H13ClN2O4/c12-7-3-9-10(18-6-17-9)4-8(7)14-11(15)5-16-2-1-13/h3-4H,1-2,5-6,13H2,(H,14,15). The molecule has 6 nitrogen and oxygen atoms in total. The molecule has 1 aliphatic heterocycles. The Kier molecular flexibility index (Phi) is 4.24. The number of ether oxygens (including phenoxy) is 3. The summed E-state index contributed by atoms with van der Waals surface area (Å²) in [4.78, 5) is 11.5. The van der Waals surface area contributed by atoms with Crippen molar-refractivity contribution in [2.45, 2.75) is 0 Å². The van der Waals surface area contributed by atoms with Gasteiger partial charge in [0.05, 0.1) is 17.3 Å². The number of hydrogen-bond acceptors (Lipinski definition) is 5. The molecule has 1 heterocycles. The number of nitrogens with one attached hydrogen (secondary N) is 1. The van der Waals surface area contributed by atoms with Crippen LogP contribution in [0, 0.1) is 0 Å². The molecule has 1 aliphatic rings. The largest absolute Gasteiger partial charge is 0.454 e. The van der Waals surface area contributed by atoms with Gasteiger partial charge in [0.25, 0.3) is 0 Å². The van der Waals surface area contributed by atoms with Crippen LogP contribution in [0.15, 0.2) is 12.1 Å². The van der Waals surface area contributed by atoms with Crippen LogP contribution in [0.3, 0.4) is 0 Å². The van der Waals surface area contributed by atoms with Crippen LogP contribution < -0.4 is 20.5 Å². The van der Waals surface area contributed by atoms with Gasteiger partial charge in [0.1, 0.15) is 6.61 Å². The van der Waals surface area contributed by atoms with E-state index in [4.69, 9.17) is 31.5 Å². The minimum absolute atomic E-state index is 0.0675. The number of amides is 1. The van der Waals surface area contributed by atoms with Gasteiger partial charge in [-0.25, -0.2) is 0 Å². The van der Waals surface area contributed by atoms with E-state index in [0.29, 0.717) is 35.4 Å². The first-order valence-electron chi connectivity index (χ1n) is 5.37. The highest BCUT2D eigenvalue weighted by atomic mass is 35.5. The molecule has 0 radical (unpaired) electrons. The Morgan fingerprint density at radius 2 is 2.17 bits per heavy atom. The van der Waals surface area contributed by atoms with Crippen molar-refractivity contribution in [3.8, 4) is 11.5 Å². The molecule has 7 heteroatoms. The zero-order valence-electron chi connectivity index (χ0n) is 9.57. The zero-order chi connectivity index (χ0) is 13.0. The molecule has 0 aromatic heterocycles. The Bertz CT molecular complexity index is 453. The predicted molar refractivity (Wildman–Crippen MR) is 66.1 cm³/mol. The van der Waals surface area contributed by atoms with Crippen molar-refractivity contribution in [1.29, 1.82) is 0 Å². The van der Waals surface area contributed by atoms with Gasteiger partial charge in [-0.05, 0) is 0 Å². The number of carbonyl (C=O) groups is 1. The topological polar surface area (TPSA) is 82.8 Å². The maximum Gasteiger partial charge on any atom is 0.250 e. The van der Waals surface area contributed by atoms with Gasteiger partial charge in [-0.1, -0.05) is 11.6 Å². The minimum atomic E-state index is -0.302. The summed E-state index contributed by atoms with van der Waals surface area (Å²) in [6.07, 6.45) is 0. The lowest BCUT2D eigenvalue weighted by Crippen LogP contribution is -2.20.